The molecule has 2 aliphatic heterocycles. The van der Waals surface area contributed by atoms with Crippen LogP contribution in [-0.2, 0) is 29.2 Å². The van der Waals surface area contributed by atoms with Gasteiger partial charge in [0.1, 0.15) is 17.4 Å². The van der Waals surface area contributed by atoms with Gasteiger partial charge in [0.05, 0.1) is 25.3 Å². The molecule has 0 radical (unpaired) electrons. The van der Waals surface area contributed by atoms with Crippen LogP contribution in [0.5, 0.6) is 0 Å². The number of fused-ring (bicyclic) bond motifs is 3. The molecule has 0 spiro atoms. The molecule has 1 aromatic carbocycles. The Morgan fingerprint density at radius 2 is 2.04 bits per heavy atom. The minimum absolute atomic E-state index is 0.184. The zero-order chi connectivity index (χ0) is 19.7. The summed E-state index contributed by atoms with van der Waals surface area (Å²) < 4.78 is 10.8. The van der Waals surface area contributed by atoms with Gasteiger partial charge in [0.25, 0.3) is 5.91 Å². The Hall–Kier alpha value is -3.00. The highest BCUT2D eigenvalue weighted by Gasteiger charge is 2.37. The lowest BCUT2D eigenvalue weighted by molar-refractivity contribution is 0.0909. The molecular weight excluding hydrogens is 378 g/mol. The summed E-state index contributed by atoms with van der Waals surface area (Å²) in [5, 5.41) is 6.91. The lowest BCUT2D eigenvalue weighted by Gasteiger charge is -2.27. The van der Waals surface area contributed by atoms with Crippen LogP contribution in [0.15, 0.2) is 42.7 Å². The number of carbonyl (C=O) groups is 2. The maximum Gasteiger partial charge on any atom is 0.410 e. The monoisotopic (exact) mass is 399 g/mol. The van der Waals surface area contributed by atoms with Crippen molar-refractivity contribution in [3.05, 3.63) is 64.2 Å². The van der Waals surface area contributed by atoms with Crippen LogP contribution >= 0.6 is 11.3 Å². The smallest absolute Gasteiger partial charge is 0.410 e. The predicted octanol–water partition coefficient (Wildman–Crippen LogP) is 3.43. The molecule has 1 atom stereocenters. The molecule has 0 fully saturated rings. The summed E-state index contributed by atoms with van der Waals surface area (Å²) in [6.07, 6.45) is -0.835. The molecule has 0 saturated carbocycles. The number of benzene rings is 1. The molecule has 7 nitrogen and oxygen atoms in total. The molecule has 0 saturated heterocycles. The van der Waals surface area contributed by atoms with Gasteiger partial charge in [-0.05, 0) is 12.5 Å². The van der Waals surface area contributed by atoms with Crippen LogP contribution in [0.3, 0.4) is 0 Å². The molecule has 3 heterocycles. The van der Waals surface area contributed by atoms with Gasteiger partial charge in [-0.1, -0.05) is 36.9 Å². The molecule has 4 rings (SSSR count). The van der Waals surface area contributed by atoms with Gasteiger partial charge in [-0.2, -0.15) is 0 Å². The number of hydrogen-bond acceptors (Lipinski definition) is 6. The zero-order valence-corrected chi connectivity index (χ0v) is 16.3. The van der Waals surface area contributed by atoms with E-state index in [1.54, 1.807) is 4.90 Å². The quantitative estimate of drug-likeness (QED) is 0.753. The summed E-state index contributed by atoms with van der Waals surface area (Å²) in [6, 6.07) is 9.55. The van der Waals surface area contributed by atoms with Crippen LogP contribution in [0.4, 0.5) is 9.80 Å². The Kier molecular flexibility index (Phi) is 4.95. The van der Waals surface area contributed by atoms with Crippen LogP contribution in [-0.4, -0.2) is 29.7 Å². The average molecular weight is 399 g/mol. The van der Waals surface area contributed by atoms with Crippen molar-refractivity contribution in [1.82, 2.24) is 10.2 Å². The fourth-order valence-corrected chi connectivity index (χ4v) is 4.56. The number of nitrogens with zero attached hydrogens (tertiary/aromatic N) is 1. The standard InChI is InChI=1S/C20H21N3O4S/c1-3-26-12(2)17-21-18(24)16-14-9-23(10-15(14)28-19(16)22-17)20(25)27-11-13-7-5-4-6-8-13/h4-8,17,22H,2-3,9-11H2,1H3,(H,21,24). The molecule has 2 amide bonds. The van der Waals surface area contributed by atoms with Gasteiger partial charge in [-0.25, -0.2) is 4.79 Å². The van der Waals surface area contributed by atoms with E-state index in [1.807, 2.05) is 37.3 Å². The SMILES string of the molecule is C=C(OCC)C1NC(=O)c2c(sc3c2CN(C(=O)OCc2ccccc2)C3)N1. The number of carbonyl (C=O) groups excluding carboxylic acids is 2. The normalized spacial score (nSPS) is 17.2. The first-order chi connectivity index (χ1) is 13.6. The van der Waals surface area contributed by atoms with E-state index in [9.17, 15) is 9.59 Å². The van der Waals surface area contributed by atoms with E-state index in [0.29, 0.717) is 31.0 Å². The van der Waals surface area contributed by atoms with Crippen molar-refractivity contribution in [2.24, 2.45) is 0 Å². The van der Waals surface area contributed by atoms with Crippen molar-refractivity contribution in [2.45, 2.75) is 32.8 Å². The molecule has 8 heteroatoms. The average Bonchev–Trinajstić information content (AvgIpc) is 3.24. The molecule has 2 aliphatic rings. The van der Waals surface area contributed by atoms with Crippen molar-refractivity contribution in [3.8, 4) is 0 Å². The fourth-order valence-electron chi connectivity index (χ4n) is 3.31. The van der Waals surface area contributed by atoms with Crippen molar-refractivity contribution in [1.29, 1.82) is 0 Å². The van der Waals surface area contributed by atoms with Crippen molar-refractivity contribution in [2.75, 3.05) is 11.9 Å². The van der Waals surface area contributed by atoms with E-state index < -0.39 is 6.17 Å². The third kappa shape index (κ3) is 3.43. The second-order valence-electron chi connectivity index (χ2n) is 6.55. The number of hydrogen-bond donors (Lipinski definition) is 2. The van der Waals surface area contributed by atoms with Crippen molar-refractivity contribution >= 4 is 28.3 Å². The summed E-state index contributed by atoms with van der Waals surface area (Å²) in [4.78, 5) is 27.7. The van der Waals surface area contributed by atoms with E-state index in [4.69, 9.17) is 9.47 Å². The first-order valence-corrected chi connectivity index (χ1v) is 9.87. The van der Waals surface area contributed by atoms with Gasteiger partial charge in [-0.15, -0.1) is 11.3 Å². The zero-order valence-electron chi connectivity index (χ0n) is 15.5. The lowest BCUT2D eigenvalue weighted by Crippen LogP contribution is -2.46. The third-order valence-corrected chi connectivity index (χ3v) is 5.82. The Morgan fingerprint density at radius 1 is 1.25 bits per heavy atom. The second kappa shape index (κ2) is 7.55. The molecule has 28 heavy (non-hydrogen) atoms. The van der Waals surface area contributed by atoms with E-state index in [1.165, 1.54) is 11.3 Å². The number of amides is 2. The van der Waals surface area contributed by atoms with Crippen molar-refractivity contribution < 1.29 is 19.1 Å². The summed E-state index contributed by atoms with van der Waals surface area (Å²) >= 11 is 1.49. The minimum Gasteiger partial charge on any atom is -0.495 e. The number of thiophene rings is 1. The Morgan fingerprint density at radius 3 is 2.79 bits per heavy atom. The Labute approximate surface area is 166 Å². The van der Waals surface area contributed by atoms with E-state index in [0.717, 1.165) is 21.0 Å². The Balaban J connectivity index is 1.42. The van der Waals surface area contributed by atoms with Gasteiger partial charge >= 0.3 is 6.09 Å². The van der Waals surface area contributed by atoms with Gasteiger partial charge in [-0.3, -0.25) is 9.69 Å². The van der Waals surface area contributed by atoms with E-state index >= 15 is 0 Å². The van der Waals surface area contributed by atoms with Gasteiger partial charge in [0, 0.05) is 10.4 Å². The van der Waals surface area contributed by atoms with Crippen molar-refractivity contribution in [3.63, 3.8) is 0 Å². The van der Waals surface area contributed by atoms with Crippen LogP contribution < -0.4 is 10.6 Å². The second-order valence-corrected chi connectivity index (χ2v) is 7.66. The molecule has 2 N–H and O–H groups in total. The van der Waals surface area contributed by atoms with Crippen LogP contribution in [0.1, 0.15) is 33.3 Å². The highest BCUT2D eigenvalue weighted by molar-refractivity contribution is 7.16. The maximum atomic E-state index is 12.6. The van der Waals surface area contributed by atoms with Gasteiger partial charge in [0.15, 0.2) is 6.17 Å². The molecule has 146 valence electrons. The largest absolute Gasteiger partial charge is 0.495 e. The molecule has 2 aromatic rings. The topological polar surface area (TPSA) is 79.9 Å². The molecular formula is C20H21N3O4S. The first kappa shape index (κ1) is 18.4. The highest BCUT2D eigenvalue weighted by atomic mass is 32.1. The van der Waals surface area contributed by atoms with Crippen LogP contribution in [0.2, 0.25) is 0 Å². The molecule has 0 aliphatic carbocycles. The number of nitrogens with one attached hydrogen (secondary N) is 2. The molecule has 1 unspecified atom stereocenters. The molecule has 1 aromatic heterocycles. The molecule has 0 bridgehead atoms. The summed E-state index contributed by atoms with van der Waals surface area (Å²) in [5.41, 5.74) is 2.41. The van der Waals surface area contributed by atoms with E-state index in [2.05, 4.69) is 17.2 Å². The Bertz CT molecular complexity index is 925. The fraction of sp³-hybridized carbons (Fsp3) is 0.300. The number of rotatable bonds is 5. The number of ether oxygens (including phenoxy) is 2. The maximum absolute atomic E-state index is 12.6. The first-order valence-electron chi connectivity index (χ1n) is 9.06. The van der Waals surface area contributed by atoms with Crippen LogP contribution in [0, 0.1) is 0 Å². The third-order valence-electron chi connectivity index (χ3n) is 4.67. The lowest BCUT2D eigenvalue weighted by atomic mass is 10.1. The van der Waals surface area contributed by atoms with Gasteiger partial charge in [0.2, 0.25) is 0 Å². The van der Waals surface area contributed by atoms with E-state index in [-0.39, 0.29) is 18.6 Å². The van der Waals surface area contributed by atoms with Gasteiger partial charge < -0.3 is 20.1 Å². The highest BCUT2D eigenvalue weighted by Crippen LogP contribution is 2.41. The summed E-state index contributed by atoms with van der Waals surface area (Å²) in [7, 11) is 0. The minimum atomic E-state index is -0.453. The summed E-state index contributed by atoms with van der Waals surface area (Å²) in [6.45, 7) is 7.24. The summed E-state index contributed by atoms with van der Waals surface area (Å²) in [5.74, 6) is 0.290. The predicted molar refractivity (Wildman–Crippen MR) is 106 cm³/mol. The number of anilines is 1. The van der Waals surface area contributed by atoms with Crippen LogP contribution in [0.25, 0.3) is 0 Å².